The first kappa shape index (κ1) is 89.1. The largest absolute Gasteiger partial charge is 0.472 e. The van der Waals surface area contributed by atoms with Crippen LogP contribution in [0.2, 0.25) is 0 Å². The Morgan fingerprint density at radius 2 is 0.527 bits per heavy atom. The Labute approximate surface area is 556 Å². The number of hydrogen-bond acceptors (Lipinski definition) is 15. The number of phosphoric acid groups is 2. The lowest BCUT2D eigenvalue weighted by atomic mass is 9.99. The van der Waals surface area contributed by atoms with Crippen LogP contribution in [-0.4, -0.2) is 96.7 Å². The summed E-state index contributed by atoms with van der Waals surface area (Å²) in [5, 5.41) is 10.6. The maximum Gasteiger partial charge on any atom is 0.472 e. The quantitative estimate of drug-likeness (QED) is 0.0222. The van der Waals surface area contributed by atoms with Crippen LogP contribution in [-0.2, 0) is 65.4 Å². The highest BCUT2D eigenvalue weighted by Gasteiger charge is 2.30. The number of unbranched alkanes of at least 4 members (excludes halogenated alkanes) is 39. The molecule has 0 amide bonds. The Hall–Kier alpha value is -1.94. The number of rotatable bonds is 71. The molecule has 0 aliphatic heterocycles. The van der Waals surface area contributed by atoms with E-state index in [1.54, 1.807) is 0 Å². The van der Waals surface area contributed by atoms with Crippen LogP contribution in [0.4, 0.5) is 0 Å². The van der Waals surface area contributed by atoms with Gasteiger partial charge in [-0.1, -0.05) is 318 Å². The smallest absolute Gasteiger partial charge is 0.462 e. The normalized spacial score (nSPS) is 14.7. The lowest BCUT2D eigenvalue weighted by Crippen LogP contribution is -2.30. The zero-order chi connectivity index (χ0) is 67.2. The summed E-state index contributed by atoms with van der Waals surface area (Å²) in [7, 11) is -9.90. The van der Waals surface area contributed by atoms with E-state index in [1.165, 1.54) is 173 Å². The van der Waals surface area contributed by atoms with E-state index in [2.05, 4.69) is 41.5 Å². The summed E-state index contributed by atoms with van der Waals surface area (Å²) >= 11 is 0. The van der Waals surface area contributed by atoms with E-state index in [0.29, 0.717) is 25.7 Å². The van der Waals surface area contributed by atoms with Crippen molar-refractivity contribution in [1.82, 2.24) is 0 Å². The van der Waals surface area contributed by atoms with Crippen LogP contribution >= 0.6 is 15.6 Å². The maximum atomic E-state index is 13.0. The van der Waals surface area contributed by atoms with E-state index in [1.807, 2.05) is 0 Å². The number of aliphatic hydroxyl groups excluding tert-OH is 1. The fourth-order valence-corrected chi connectivity index (χ4v) is 12.5. The van der Waals surface area contributed by atoms with E-state index in [0.717, 1.165) is 115 Å². The molecule has 0 rings (SSSR count). The van der Waals surface area contributed by atoms with Crippen LogP contribution < -0.4 is 0 Å². The summed E-state index contributed by atoms with van der Waals surface area (Å²) in [5.41, 5.74) is 0. The number of carbonyl (C=O) groups is 4. The van der Waals surface area contributed by atoms with Gasteiger partial charge in [-0.2, -0.15) is 0 Å². The molecule has 0 aromatic heterocycles. The Bertz CT molecular complexity index is 1770. The molecule has 3 N–H and O–H groups in total. The number of aliphatic hydroxyl groups is 1. The van der Waals surface area contributed by atoms with Crippen LogP contribution in [0.1, 0.15) is 369 Å². The lowest BCUT2D eigenvalue weighted by Gasteiger charge is -2.21. The summed E-state index contributed by atoms with van der Waals surface area (Å²) in [5.74, 6) is -0.634. The molecule has 540 valence electrons. The van der Waals surface area contributed by atoms with Crippen molar-refractivity contribution in [3.63, 3.8) is 0 Å². The molecule has 91 heavy (non-hydrogen) atoms. The molecule has 0 fully saturated rings. The van der Waals surface area contributed by atoms with Crippen molar-refractivity contribution in [2.75, 3.05) is 39.6 Å². The molecular weight excluding hydrogens is 1200 g/mol. The van der Waals surface area contributed by atoms with Crippen molar-refractivity contribution in [2.24, 2.45) is 11.8 Å². The first-order chi connectivity index (χ1) is 43.9. The number of ether oxygens (including phenoxy) is 4. The van der Waals surface area contributed by atoms with E-state index in [9.17, 15) is 43.2 Å². The Kier molecular flexibility index (Phi) is 62.7. The van der Waals surface area contributed by atoms with Crippen molar-refractivity contribution < 1.29 is 80.2 Å². The average molecular weight is 1340 g/mol. The van der Waals surface area contributed by atoms with E-state index < -0.39 is 97.5 Å². The molecule has 0 aromatic rings. The van der Waals surface area contributed by atoms with Gasteiger partial charge in [0.25, 0.3) is 0 Å². The Morgan fingerprint density at radius 1 is 0.308 bits per heavy atom. The predicted octanol–water partition coefficient (Wildman–Crippen LogP) is 20.8. The van der Waals surface area contributed by atoms with Crippen LogP contribution in [0, 0.1) is 11.8 Å². The SMILES string of the molecule is CCCCCCCCCCCCCCCCCCCCCCCCC(=O)O[C@H](COC(=O)CCCCCCCCCCC(C)CC)COP(=O)(O)OC[C@@H](O)COP(=O)(O)OC[C@@H](COC(=O)CCCCCCCCC)OC(=O)CCCCCCCCC(C)CC. The summed E-state index contributed by atoms with van der Waals surface area (Å²) in [6, 6.07) is 0. The van der Waals surface area contributed by atoms with Gasteiger partial charge >= 0.3 is 39.5 Å². The monoisotopic (exact) mass is 1340 g/mol. The van der Waals surface area contributed by atoms with Gasteiger partial charge in [0, 0.05) is 25.7 Å². The van der Waals surface area contributed by atoms with Gasteiger partial charge in [0.1, 0.15) is 19.3 Å². The first-order valence-corrected chi connectivity index (χ1v) is 40.6. The van der Waals surface area contributed by atoms with Gasteiger partial charge in [0.05, 0.1) is 26.4 Å². The molecule has 0 aromatic carbocycles. The van der Waals surface area contributed by atoms with Gasteiger partial charge in [-0.05, 0) is 37.5 Å². The standard InChI is InChI=1S/C72H140O17P2/c1-7-11-13-15-17-18-19-20-21-22-23-24-25-26-27-28-29-30-31-37-44-50-56-71(76)88-67(61-83-70(75)55-49-43-36-33-32-35-40-46-52-64(5)9-3)62-86-90(78,79)84-58-66(73)59-85-91(80,81)87-63-68(60-82-69(74)54-48-42-34-16-14-12-8-2)89-72(77)57-51-45-39-38-41-47-53-65(6)10-4/h64-68,73H,7-63H2,1-6H3,(H,78,79)(H,80,81)/t64?,65?,66-,67-,68-/m1/s1. The lowest BCUT2D eigenvalue weighted by molar-refractivity contribution is -0.161. The van der Waals surface area contributed by atoms with Gasteiger partial charge in [-0.3, -0.25) is 37.3 Å². The van der Waals surface area contributed by atoms with E-state index in [-0.39, 0.29) is 25.7 Å². The summed E-state index contributed by atoms with van der Waals surface area (Å²) in [4.78, 5) is 72.4. The van der Waals surface area contributed by atoms with E-state index >= 15 is 0 Å². The molecule has 0 bridgehead atoms. The number of hydrogen-bond donors (Lipinski definition) is 3. The van der Waals surface area contributed by atoms with Crippen molar-refractivity contribution >= 4 is 39.5 Å². The molecule has 0 saturated heterocycles. The Balaban J connectivity index is 5.13. The second kappa shape index (κ2) is 64.1. The third-order valence-corrected chi connectivity index (χ3v) is 19.3. The van der Waals surface area contributed by atoms with Gasteiger partial charge in [-0.15, -0.1) is 0 Å². The summed E-state index contributed by atoms with van der Waals surface area (Å²) < 4.78 is 68.2. The third-order valence-electron chi connectivity index (χ3n) is 17.4. The summed E-state index contributed by atoms with van der Waals surface area (Å²) in [6.45, 7) is 9.46. The number of carbonyl (C=O) groups excluding carboxylic acids is 4. The van der Waals surface area contributed by atoms with Crippen LogP contribution in [0.15, 0.2) is 0 Å². The van der Waals surface area contributed by atoms with Gasteiger partial charge < -0.3 is 33.8 Å². The Morgan fingerprint density at radius 3 is 0.780 bits per heavy atom. The van der Waals surface area contributed by atoms with Crippen molar-refractivity contribution in [3.05, 3.63) is 0 Å². The number of phosphoric ester groups is 2. The van der Waals surface area contributed by atoms with Gasteiger partial charge in [0.15, 0.2) is 12.2 Å². The second-order valence-electron chi connectivity index (χ2n) is 26.5. The van der Waals surface area contributed by atoms with Crippen LogP contribution in [0.5, 0.6) is 0 Å². The molecule has 0 aliphatic carbocycles. The highest BCUT2D eigenvalue weighted by atomic mass is 31.2. The fourth-order valence-electron chi connectivity index (χ4n) is 10.9. The molecule has 7 atom stereocenters. The molecule has 4 unspecified atom stereocenters. The molecule has 17 nitrogen and oxygen atoms in total. The van der Waals surface area contributed by atoms with Crippen molar-refractivity contribution in [1.29, 1.82) is 0 Å². The highest BCUT2D eigenvalue weighted by molar-refractivity contribution is 7.47. The minimum absolute atomic E-state index is 0.103. The van der Waals surface area contributed by atoms with Crippen molar-refractivity contribution in [3.8, 4) is 0 Å². The minimum atomic E-state index is -4.95. The van der Waals surface area contributed by atoms with Crippen molar-refractivity contribution in [2.45, 2.75) is 387 Å². The average Bonchev–Trinajstić information content (AvgIpc) is 3.74. The molecule has 0 radical (unpaired) electrons. The molecule has 19 heteroatoms. The van der Waals surface area contributed by atoms with Gasteiger partial charge in [0.2, 0.25) is 0 Å². The minimum Gasteiger partial charge on any atom is -0.462 e. The molecule has 0 aliphatic rings. The summed E-state index contributed by atoms with van der Waals surface area (Å²) in [6.07, 6.45) is 50.4. The van der Waals surface area contributed by atoms with Gasteiger partial charge in [-0.25, -0.2) is 9.13 Å². The topological polar surface area (TPSA) is 237 Å². The van der Waals surface area contributed by atoms with Crippen LogP contribution in [0.25, 0.3) is 0 Å². The third kappa shape index (κ3) is 63.9. The zero-order valence-electron chi connectivity index (χ0n) is 59.1. The zero-order valence-corrected chi connectivity index (χ0v) is 60.9. The van der Waals surface area contributed by atoms with Crippen LogP contribution in [0.3, 0.4) is 0 Å². The van der Waals surface area contributed by atoms with E-state index in [4.69, 9.17) is 37.0 Å². The molecule has 0 spiro atoms. The molecular formula is C72H140O17P2. The maximum absolute atomic E-state index is 13.0. The first-order valence-electron chi connectivity index (χ1n) is 37.6. The number of esters is 4. The second-order valence-corrected chi connectivity index (χ2v) is 29.4. The molecule has 0 heterocycles. The predicted molar refractivity (Wildman–Crippen MR) is 368 cm³/mol. The molecule has 0 saturated carbocycles. The highest BCUT2D eigenvalue weighted by Crippen LogP contribution is 2.45. The fraction of sp³-hybridized carbons (Fsp3) is 0.944.